The number of hydrogen-bond donors (Lipinski definition) is 4. The van der Waals surface area contributed by atoms with E-state index in [1.54, 1.807) is 79.7 Å². The Hall–Kier alpha value is -5.96. The van der Waals surface area contributed by atoms with Crippen molar-refractivity contribution in [3.63, 3.8) is 0 Å². The van der Waals surface area contributed by atoms with Gasteiger partial charge < -0.3 is 14.2 Å². The SMILES string of the molecule is COc1ccc(Oc2ccc(Oc3ccc(S(=O)(=O)c4ccc(Sc5ccc(-c6ccc(Sc7ccc(S(=O)(=O)c8ccc(C)c(SOOO)c8)cc7S(=O)(=O)O)cc6)cc5)c(SOOO)c4)cc3S(=O)(=O)O)cc2)cc1. The molecule has 0 aromatic heterocycles. The van der Waals surface area contributed by atoms with Crippen LogP contribution in [0.5, 0.6) is 28.7 Å². The second-order valence-corrected chi connectivity index (χ2v) is 26.2. The largest absolute Gasteiger partial charge is 0.497 e. The van der Waals surface area contributed by atoms with E-state index in [9.17, 15) is 42.8 Å². The second-order valence-electron chi connectivity index (χ2n) is 15.8. The Labute approximate surface area is 458 Å². The molecule has 0 amide bonds. The molecule has 8 aromatic carbocycles. The van der Waals surface area contributed by atoms with Gasteiger partial charge in [-0.1, -0.05) is 63.9 Å². The quantitative estimate of drug-likeness (QED) is 0.0212. The first-order valence-electron chi connectivity index (χ1n) is 21.6. The maximum atomic E-state index is 14.0. The zero-order valence-electron chi connectivity index (χ0n) is 39.3. The molecular weight excluding hydrogens is 1160 g/mol. The summed E-state index contributed by atoms with van der Waals surface area (Å²) in [4.78, 5) is -0.648. The summed E-state index contributed by atoms with van der Waals surface area (Å²) in [6.07, 6.45) is 0. The summed E-state index contributed by atoms with van der Waals surface area (Å²) < 4.78 is 152. The highest BCUT2D eigenvalue weighted by atomic mass is 32.2. The Balaban J connectivity index is 0.957. The number of aryl methyl sites for hydroxylation is 1. The lowest BCUT2D eigenvalue weighted by atomic mass is 10.1. The summed E-state index contributed by atoms with van der Waals surface area (Å²) in [5, 5.41) is 24.9. The van der Waals surface area contributed by atoms with Crippen molar-refractivity contribution in [3.8, 4) is 39.9 Å². The Morgan fingerprint density at radius 2 is 0.805 bits per heavy atom. The van der Waals surface area contributed by atoms with E-state index in [-0.39, 0.29) is 31.1 Å². The van der Waals surface area contributed by atoms with Gasteiger partial charge in [0.2, 0.25) is 19.7 Å². The number of sulfone groups is 2. The van der Waals surface area contributed by atoms with Crippen molar-refractivity contribution in [1.82, 2.24) is 0 Å². The highest BCUT2D eigenvalue weighted by molar-refractivity contribution is 8.01. The van der Waals surface area contributed by atoms with Crippen molar-refractivity contribution < 1.29 is 86.2 Å². The van der Waals surface area contributed by atoms with Crippen LogP contribution in [0.1, 0.15) is 5.56 Å². The first-order chi connectivity index (χ1) is 36.7. The third-order valence-electron chi connectivity index (χ3n) is 10.9. The maximum absolute atomic E-state index is 14.0. The van der Waals surface area contributed by atoms with Crippen LogP contribution in [0.15, 0.2) is 229 Å². The van der Waals surface area contributed by atoms with E-state index in [1.165, 1.54) is 79.5 Å². The molecule has 400 valence electrons. The van der Waals surface area contributed by atoms with Crippen LogP contribution in [0.25, 0.3) is 11.1 Å². The molecule has 0 spiro atoms. The highest BCUT2D eigenvalue weighted by Crippen LogP contribution is 2.42. The van der Waals surface area contributed by atoms with Crippen molar-refractivity contribution >= 4 is 87.5 Å². The number of methoxy groups -OCH3 is 1. The van der Waals surface area contributed by atoms with E-state index >= 15 is 0 Å². The summed E-state index contributed by atoms with van der Waals surface area (Å²) in [5.74, 6) is 1.38. The van der Waals surface area contributed by atoms with Crippen LogP contribution in [0.4, 0.5) is 0 Å². The van der Waals surface area contributed by atoms with Crippen LogP contribution in [-0.2, 0) is 58.7 Å². The van der Waals surface area contributed by atoms with Gasteiger partial charge in [-0.05, 0) is 163 Å². The summed E-state index contributed by atoms with van der Waals surface area (Å²) in [6.45, 7) is 1.67. The topological polar surface area (TPSA) is 282 Å². The van der Waals surface area contributed by atoms with Gasteiger partial charge in [-0.25, -0.2) is 27.4 Å². The van der Waals surface area contributed by atoms with E-state index in [2.05, 4.69) is 14.4 Å². The van der Waals surface area contributed by atoms with E-state index in [0.29, 0.717) is 66.5 Å². The van der Waals surface area contributed by atoms with Gasteiger partial charge in [0.25, 0.3) is 20.2 Å². The number of benzene rings is 8. The molecule has 0 bridgehead atoms. The molecule has 0 fully saturated rings. The average Bonchev–Trinajstić information content (AvgIpc) is 3.42. The lowest BCUT2D eigenvalue weighted by Gasteiger charge is -2.14. The summed E-state index contributed by atoms with van der Waals surface area (Å²) in [6, 6.07) is 41.5. The van der Waals surface area contributed by atoms with E-state index in [0.717, 1.165) is 47.2 Å². The Morgan fingerprint density at radius 1 is 0.403 bits per heavy atom. The molecule has 0 saturated carbocycles. The first-order valence-corrected chi connectivity index (χ1v) is 30.6. The molecule has 0 aliphatic rings. The predicted molar refractivity (Wildman–Crippen MR) is 282 cm³/mol. The Morgan fingerprint density at radius 3 is 1.30 bits per heavy atom. The molecule has 0 unspecified atom stereocenters. The minimum atomic E-state index is -5.04. The number of hydrogen-bond acceptors (Lipinski definition) is 21. The van der Waals surface area contributed by atoms with Gasteiger partial charge in [0.1, 0.15) is 38.5 Å². The normalized spacial score (nSPS) is 12.1. The fraction of sp³-hybridized carbons (Fsp3) is 0.0400. The number of rotatable bonds is 22. The zero-order valence-corrected chi connectivity index (χ0v) is 45.9. The van der Waals surface area contributed by atoms with Gasteiger partial charge in [-0.15, -0.1) is 8.67 Å². The van der Waals surface area contributed by atoms with Crippen molar-refractivity contribution in [3.05, 3.63) is 175 Å². The minimum Gasteiger partial charge on any atom is -0.497 e. The van der Waals surface area contributed by atoms with E-state index < -0.39 is 59.5 Å². The zero-order chi connectivity index (χ0) is 55.1. The van der Waals surface area contributed by atoms with Crippen LogP contribution in [0, 0.1) is 6.92 Å². The summed E-state index contributed by atoms with van der Waals surface area (Å²) in [7, 11) is -17.2. The van der Waals surface area contributed by atoms with Crippen LogP contribution in [-0.4, -0.2) is 60.4 Å². The molecule has 19 nitrogen and oxygen atoms in total. The second kappa shape index (κ2) is 24.4. The van der Waals surface area contributed by atoms with E-state index in [4.69, 9.17) is 29.1 Å². The Kier molecular flexibility index (Phi) is 18.1. The molecule has 8 rings (SSSR count). The predicted octanol–water partition coefficient (Wildman–Crippen LogP) is 12.6. The molecule has 77 heavy (non-hydrogen) atoms. The van der Waals surface area contributed by atoms with Gasteiger partial charge in [-0.3, -0.25) is 9.11 Å². The molecular formula is C50H38O19S8. The van der Waals surface area contributed by atoms with Crippen molar-refractivity contribution in [2.45, 2.75) is 65.7 Å². The highest BCUT2D eigenvalue weighted by Gasteiger charge is 2.27. The smallest absolute Gasteiger partial charge is 0.298 e. The van der Waals surface area contributed by atoms with Crippen LogP contribution >= 0.6 is 47.6 Å². The first kappa shape index (κ1) is 57.2. The van der Waals surface area contributed by atoms with Crippen molar-refractivity contribution in [1.29, 1.82) is 0 Å². The third kappa shape index (κ3) is 14.0. The molecule has 27 heteroatoms. The lowest BCUT2D eigenvalue weighted by Crippen LogP contribution is -2.07. The van der Waals surface area contributed by atoms with Crippen molar-refractivity contribution in [2.75, 3.05) is 7.11 Å². The summed E-state index contributed by atoms with van der Waals surface area (Å²) >= 11 is 3.23. The average molecular weight is 1200 g/mol. The molecule has 0 saturated heterocycles. The molecule has 0 heterocycles. The van der Waals surface area contributed by atoms with Crippen molar-refractivity contribution in [2.24, 2.45) is 0 Å². The lowest BCUT2D eigenvalue weighted by molar-refractivity contribution is -0.432. The number of ether oxygens (including phenoxy) is 3. The monoisotopic (exact) mass is 1200 g/mol. The van der Waals surface area contributed by atoms with E-state index in [1.807, 2.05) is 12.1 Å². The molecule has 0 aliphatic heterocycles. The molecule has 8 aromatic rings. The third-order valence-corrected chi connectivity index (χ3v) is 19.9. The fourth-order valence-corrected chi connectivity index (χ4v) is 14.4. The van der Waals surface area contributed by atoms with Crippen LogP contribution in [0.2, 0.25) is 0 Å². The standard InChI is InChI=1S/C50H38O19S8/c1-31-3-20-40(27-47(31)72-68-66-51)74(53,54)43-23-26-46(50(30-43)77(60,61)62)71-39-18-6-33(7-19-39)32-4-16-38(17-5-32)70-45-25-22-41(28-48(45)73-69-67-52)75(55,56)42-21-24-44(49(29-42)76(57,58)59)65-37-14-12-36(13-15-37)64-35-10-8-34(63-2)9-11-35/h3-30,51-52H,1-2H3,(H,57,58,59)(H,60,61,62). The van der Waals surface area contributed by atoms with Gasteiger partial charge >= 0.3 is 0 Å². The Bertz CT molecular complexity index is 3900. The van der Waals surface area contributed by atoms with Gasteiger partial charge in [0.05, 0.1) is 55.7 Å². The molecule has 0 atom stereocenters. The van der Waals surface area contributed by atoms with Crippen LogP contribution in [0.3, 0.4) is 0 Å². The van der Waals surface area contributed by atoms with Gasteiger partial charge in [-0.2, -0.15) is 16.8 Å². The minimum absolute atomic E-state index is 0.0522. The molecule has 0 radical (unpaired) electrons. The fourth-order valence-electron chi connectivity index (χ4n) is 7.07. The van der Waals surface area contributed by atoms with Gasteiger partial charge in [0, 0.05) is 24.5 Å². The van der Waals surface area contributed by atoms with Gasteiger partial charge in [0.15, 0.2) is 0 Å². The molecule has 0 aliphatic carbocycles. The van der Waals surface area contributed by atoms with Crippen LogP contribution < -0.4 is 14.2 Å². The maximum Gasteiger partial charge on any atom is 0.298 e. The summed E-state index contributed by atoms with van der Waals surface area (Å²) in [5.41, 5.74) is 2.13. The molecule has 4 N–H and O–H groups in total.